The van der Waals surface area contributed by atoms with E-state index in [9.17, 15) is 0 Å². The molecule has 0 N–H and O–H groups in total. The van der Waals surface area contributed by atoms with Crippen molar-refractivity contribution in [1.82, 2.24) is 0 Å². The Morgan fingerprint density at radius 3 is 1.79 bits per heavy atom. The summed E-state index contributed by atoms with van der Waals surface area (Å²) in [6, 6.07) is 14.6. The summed E-state index contributed by atoms with van der Waals surface area (Å²) < 4.78 is 5.26. The van der Waals surface area contributed by atoms with Gasteiger partial charge in [-0.2, -0.15) is 0 Å². The SMILES string of the molecule is CCOc1ccc(C)cc1.Cc1ccc(C)c(C)c1. The molecule has 0 saturated heterocycles. The third-order valence-corrected chi connectivity index (χ3v) is 2.99. The zero-order chi connectivity index (χ0) is 14.3. The van der Waals surface area contributed by atoms with Crippen molar-refractivity contribution >= 4 is 0 Å². The summed E-state index contributed by atoms with van der Waals surface area (Å²) in [5.41, 5.74) is 5.37. The molecule has 0 atom stereocenters. The highest BCUT2D eigenvalue weighted by Crippen LogP contribution is 2.10. The molecule has 0 saturated carbocycles. The van der Waals surface area contributed by atoms with Crippen molar-refractivity contribution in [2.45, 2.75) is 34.6 Å². The Kier molecular flexibility index (Phi) is 6.14. The predicted molar refractivity (Wildman–Crippen MR) is 83.0 cm³/mol. The Hall–Kier alpha value is -1.76. The number of benzene rings is 2. The molecule has 19 heavy (non-hydrogen) atoms. The van der Waals surface area contributed by atoms with Crippen LogP contribution in [0.1, 0.15) is 29.2 Å². The fourth-order valence-electron chi connectivity index (χ4n) is 1.69. The van der Waals surface area contributed by atoms with Crippen LogP contribution in [0.15, 0.2) is 42.5 Å². The van der Waals surface area contributed by atoms with Crippen LogP contribution in [-0.4, -0.2) is 6.61 Å². The summed E-state index contributed by atoms with van der Waals surface area (Å²) in [4.78, 5) is 0. The van der Waals surface area contributed by atoms with Crippen molar-refractivity contribution < 1.29 is 4.74 Å². The Morgan fingerprint density at radius 2 is 1.32 bits per heavy atom. The first-order valence-corrected chi connectivity index (χ1v) is 6.76. The van der Waals surface area contributed by atoms with E-state index in [2.05, 4.69) is 45.9 Å². The van der Waals surface area contributed by atoms with Gasteiger partial charge in [-0.1, -0.05) is 41.5 Å². The molecule has 1 heteroatoms. The van der Waals surface area contributed by atoms with Crippen molar-refractivity contribution in [2.75, 3.05) is 6.61 Å². The molecule has 1 nitrogen and oxygen atoms in total. The summed E-state index contributed by atoms with van der Waals surface area (Å²) in [5.74, 6) is 0.952. The molecule has 0 unspecified atom stereocenters. The zero-order valence-corrected chi connectivity index (χ0v) is 12.7. The van der Waals surface area contributed by atoms with Gasteiger partial charge in [0.15, 0.2) is 0 Å². The van der Waals surface area contributed by atoms with E-state index in [0.29, 0.717) is 0 Å². The maximum atomic E-state index is 5.26. The standard InChI is InChI=1S/C9H12O.C9H12/c1-3-10-9-6-4-8(2)5-7-9;1-7-4-5-8(2)9(3)6-7/h4-7H,3H2,1-2H3;4-6H,1-3H3. The van der Waals surface area contributed by atoms with E-state index in [1.807, 2.05) is 31.2 Å². The first-order chi connectivity index (χ1) is 9.02. The molecule has 0 aromatic heterocycles. The highest BCUT2D eigenvalue weighted by molar-refractivity contribution is 5.28. The number of aryl methyl sites for hydroxylation is 4. The van der Waals surface area contributed by atoms with E-state index in [-0.39, 0.29) is 0 Å². The second-order valence-corrected chi connectivity index (χ2v) is 4.83. The van der Waals surface area contributed by atoms with E-state index in [4.69, 9.17) is 4.74 Å². The molecule has 0 aliphatic heterocycles. The minimum Gasteiger partial charge on any atom is -0.494 e. The molecule has 0 aliphatic rings. The molecule has 2 aromatic carbocycles. The van der Waals surface area contributed by atoms with Crippen LogP contribution in [-0.2, 0) is 0 Å². The first kappa shape index (κ1) is 15.3. The lowest BCUT2D eigenvalue weighted by atomic mass is 10.1. The van der Waals surface area contributed by atoms with Crippen LogP contribution in [0, 0.1) is 27.7 Å². The molecular formula is C18H24O. The molecular weight excluding hydrogens is 232 g/mol. The smallest absolute Gasteiger partial charge is 0.119 e. The second-order valence-electron chi connectivity index (χ2n) is 4.83. The minimum atomic E-state index is 0.739. The molecule has 0 spiro atoms. The number of hydrogen-bond acceptors (Lipinski definition) is 1. The quantitative estimate of drug-likeness (QED) is 0.734. The first-order valence-electron chi connectivity index (χ1n) is 6.76. The monoisotopic (exact) mass is 256 g/mol. The van der Waals surface area contributed by atoms with Crippen LogP contribution in [0.4, 0.5) is 0 Å². The Morgan fingerprint density at radius 1 is 0.737 bits per heavy atom. The molecule has 0 amide bonds. The average molecular weight is 256 g/mol. The lowest BCUT2D eigenvalue weighted by Crippen LogP contribution is -1.90. The van der Waals surface area contributed by atoms with Crippen LogP contribution in [0.2, 0.25) is 0 Å². The van der Waals surface area contributed by atoms with Crippen molar-refractivity contribution in [3.63, 3.8) is 0 Å². The zero-order valence-electron chi connectivity index (χ0n) is 12.7. The van der Waals surface area contributed by atoms with Gasteiger partial charge in [0.05, 0.1) is 6.61 Å². The van der Waals surface area contributed by atoms with Gasteiger partial charge in [-0.05, 0) is 57.9 Å². The van der Waals surface area contributed by atoms with E-state index < -0.39 is 0 Å². The summed E-state index contributed by atoms with van der Waals surface area (Å²) in [5, 5.41) is 0. The summed E-state index contributed by atoms with van der Waals surface area (Å²) >= 11 is 0. The molecule has 0 heterocycles. The van der Waals surface area contributed by atoms with Crippen LogP contribution in [0.5, 0.6) is 5.75 Å². The van der Waals surface area contributed by atoms with Crippen molar-refractivity contribution in [2.24, 2.45) is 0 Å². The fraction of sp³-hybridized carbons (Fsp3) is 0.333. The van der Waals surface area contributed by atoms with Gasteiger partial charge in [-0.15, -0.1) is 0 Å². The van der Waals surface area contributed by atoms with Crippen LogP contribution in [0.25, 0.3) is 0 Å². The molecule has 0 aliphatic carbocycles. The maximum Gasteiger partial charge on any atom is 0.119 e. The minimum absolute atomic E-state index is 0.739. The van der Waals surface area contributed by atoms with E-state index in [1.54, 1.807) is 0 Å². The summed E-state index contributed by atoms with van der Waals surface area (Å²) in [6.45, 7) is 11.2. The highest BCUT2D eigenvalue weighted by Gasteiger charge is 1.89. The number of hydrogen-bond donors (Lipinski definition) is 0. The van der Waals surface area contributed by atoms with Gasteiger partial charge in [0.2, 0.25) is 0 Å². The van der Waals surface area contributed by atoms with Gasteiger partial charge < -0.3 is 4.74 Å². The van der Waals surface area contributed by atoms with Crippen molar-refractivity contribution in [3.8, 4) is 5.75 Å². The molecule has 2 rings (SSSR count). The number of ether oxygens (including phenoxy) is 1. The Balaban J connectivity index is 0.000000191. The second kappa shape index (κ2) is 7.63. The normalized spacial score (nSPS) is 9.53. The largest absolute Gasteiger partial charge is 0.494 e. The molecule has 0 bridgehead atoms. The topological polar surface area (TPSA) is 9.23 Å². The molecule has 0 fully saturated rings. The van der Waals surface area contributed by atoms with Crippen molar-refractivity contribution in [3.05, 3.63) is 64.7 Å². The molecule has 102 valence electrons. The maximum absolute atomic E-state index is 5.26. The lowest BCUT2D eigenvalue weighted by molar-refractivity contribution is 0.340. The number of rotatable bonds is 2. The fourth-order valence-corrected chi connectivity index (χ4v) is 1.69. The summed E-state index contributed by atoms with van der Waals surface area (Å²) in [6.07, 6.45) is 0. The van der Waals surface area contributed by atoms with E-state index in [1.165, 1.54) is 22.3 Å². The average Bonchev–Trinajstić information content (AvgIpc) is 2.38. The third-order valence-electron chi connectivity index (χ3n) is 2.99. The highest BCUT2D eigenvalue weighted by atomic mass is 16.5. The summed E-state index contributed by atoms with van der Waals surface area (Å²) in [7, 11) is 0. The van der Waals surface area contributed by atoms with Gasteiger partial charge in [0.25, 0.3) is 0 Å². The van der Waals surface area contributed by atoms with Crippen LogP contribution < -0.4 is 4.74 Å². The van der Waals surface area contributed by atoms with Crippen LogP contribution in [0.3, 0.4) is 0 Å². The predicted octanol–water partition coefficient (Wildman–Crippen LogP) is 5.01. The third kappa shape index (κ3) is 5.60. The molecule has 0 radical (unpaired) electrons. The van der Waals surface area contributed by atoms with Gasteiger partial charge in [0, 0.05) is 0 Å². The lowest BCUT2D eigenvalue weighted by Gasteiger charge is -2.01. The Labute approximate surface area is 117 Å². The van der Waals surface area contributed by atoms with Gasteiger partial charge in [0.1, 0.15) is 5.75 Å². The van der Waals surface area contributed by atoms with Crippen LogP contribution >= 0.6 is 0 Å². The van der Waals surface area contributed by atoms with E-state index in [0.717, 1.165) is 12.4 Å². The van der Waals surface area contributed by atoms with Gasteiger partial charge in [-0.3, -0.25) is 0 Å². The Bertz CT molecular complexity index is 498. The van der Waals surface area contributed by atoms with Gasteiger partial charge in [-0.25, -0.2) is 0 Å². The van der Waals surface area contributed by atoms with E-state index >= 15 is 0 Å². The molecule has 2 aromatic rings. The van der Waals surface area contributed by atoms with Gasteiger partial charge >= 0.3 is 0 Å². The van der Waals surface area contributed by atoms with Crippen molar-refractivity contribution in [1.29, 1.82) is 0 Å².